The molecule has 0 saturated carbocycles. The highest BCUT2D eigenvalue weighted by molar-refractivity contribution is 5.61. The fourth-order valence-corrected chi connectivity index (χ4v) is 4.46. The molecule has 2 aromatic carbocycles. The predicted molar refractivity (Wildman–Crippen MR) is 145 cm³/mol. The third-order valence-corrected chi connectivity index (χ3v) is 6.43. The number of nitrogens with zero attached hydrogens (tertiary/aromatic N) is 2. The van der Waals surface area contributed by atoms with Gasteiger partial charge in [-0.05, 0) is 66.9 Å². The van der Waals surface area contributed by atoms with Crippen molar-refractivity contribution < 1.29 is 9.15 Å². The van der Waals surface area contributed by atoms with E-state index in [4.69, 9.17) is 19.9 Å². The van der Waals surface area contributed by atoms with Crippen molar-refractivity contribution in [1.29, 1.82) is 0 Å². The number of aromatic nitrogens is 3. The number of rotatable bonds is 12. The first kappa shape index (κ1) is 24.6. The van der Waals surface area contributed by atoms with Crippen LogP contribution in [0.2, 0.25) is 0 Å². The topological polar surface area (TPSA) is 99.1 Å². The van der Waals surface area contributed by atoms with Crippen LogP contribution >= 0.6 is 0 Å². The average molecular weight is 497 g/mol. The second-order valence-corrected chi connectivity index (χ2v) is 9.20. The van der Waals surface area contributed by atoms with Crippen LogP contribution in [-0.4, -0.2) is 27.7 Å². The number of furan rings is 1. The summed E-state index contributed by atoms with van der Waals surface area (Å²) < 4.78 is 13.0. The number of unbranched alkanes of at least 4 members (excludes halogenated alkanes) is 3. The number of aromatic amines is 1. The Bertz CT molecular complexity index is 1420. The van der Waals surface area contributed by atoms with E-state index in [1.165, 1.54) is 0 Å². The first-order chi connectivity index (χ1) is 18.2. The van der Waals surface area contributed by atoms with Gasteiger partial charge >= 0.3 is 0 Å². The number of imidazole rings is 1. The molecule has 0 amide bonds. The lowest BCUT2D eigenvalue weighted by Gasteiger charge is -2.14. The molecule has 0 bridgehead atoms. The van der Waals surface area contributed by atoms with Crippen LogP contribution in [0.5, 0.6) is 5.75 Å². The van der Waals surface area contributed by atoms with E-state index >= 15 is 0 Å². The quantitative estimate of drug-likeness (QED) is 0.227. The molecular weight excluding hydrogens is 464 g/mol. The maximum Gasteiger partial charge on any atom is 0.278 e. The van der Waals surface area contributed by atoms with Gasteiger partial charge in [-0.15, -0.1) is 0 Å². The second kappa shape index (κ2) is 11.8. The van der Waals surface area contributed by atoms with Crippen molar-refractivity contribution in [3.05, 3.63) is 112 Å². The third kappa shape index (κ3) is 6.01. The number of fused-ring (bicyclic) bond motifs is 1. The van der Waals surface area contributed by atoms with Crippen molar-refractivity contribution in [2.75, 3.05) is 13.2 Å². The number of hydrogen-bond acceptors (Lipinski definition) is 5. The zero-order valence-corrected chi connectivity index (χ0v) is 20.9. The van der Waals surface area contributed by atoms with Gasteiger partial charge in [-0.1, -0.05) is 43.2 Å². The largest absolute Gasteiger partial charge is 0.494 e. The van der Waals surface area contributed by atoms with Crippen LogP contribution in [0.15, 0.2) is 88.4 Å². The number of ether oxygens (including phenoxy) is 1. The first-order valence-electron chi connectivity index (χ1n) is 12.8. The van der Waals surface area contributed by atoms with E-state index in [-0.39, 0.29) is 5.56 Å². The Kier molecular flexibility index (Phi) is 7.81. The second-order valence-electron chi connectivity index (χ2n) is 9.20. The third-order valence-electron chi connectivity index (χ3n) is 6.43. The van der Waals surface area contributed by atoms with Gasteiger partial charge in [-0.2, -0.15) is 0 Å². The molecule has 1 aromatic heterocycles. The van der Waals surface area contributed by atoms with Crippen molar-refractivity contribution in [3.8, 4) is 22.8 Å². The molecule has 190 valence electrons. The molecule has 0 aliphatic carbocycles. The molecule has 0 saturated heterocycles. The maximum absolute atomic E-state index is 13.3. The van der Waals surface area contributed by atoms with Crippen LogP contribution < -0.4 is 16.0 Å². The van der Waals surface area contributed by atoms with E-state index in [9.17, 15) is 4.79 Å². The lowest BCUT2D eigenvalue weighted by Crippen LogP contribution is -2.17. The van der Waals surface area contributed by atoms with Crippen molar-refractivity contribution in [3.63, 3.8) is 0 Å². The summed E-state index contributed by atoms with van der Waals surface area (Å²) in [5, 5.41) is 0. The van der Waals surface area contributed by atoms with Gasteiger partial charge in [-0.3, -0.25) is 9.36 Å². The van der Waals surface area contributed by atoms with E-state index in [1.54, 1.807) is 10.8 Å². The summed E-state index contributed by atoms with van der Waals surface area (Å²) in [5.41, 5.74) is 9.70. The molecule has 3 heterocycles. The number of H-pyrrole nitrogens is 1. The van der Waals surface area contributed by atoms with Crippen molar-refractivity contribution in [2.45, 2.75) is 38.5 Å². The van der Waals surface area contributed by atoms with E-state index < -0.39 is 0 Å². The van der Waals surface area contributed by atoms with Crippen LogP contribution in [0.1, 0.15) is 48.4 Å². The fraction of sp³-hybridized carbons (Fsp3) is 0.267. The molecule has 0 unspecified atom stereocenters. The Hall–Kier alpha value is -4.10. The van der Waals surface area contributed by atoms with Gasteiger partial charge in [0, 0.05) is 12.6 Å². The van der Waals surface area contributed by atoms with Crippen molar-refractivity contribution in [2.24, 2.45) is 5.73 Å². The Morgan fingerprint density at radius 1 is 0.919 bits per heavy atom. The normalized spacial score (nSPS) is 11.3. The molecule has 0 radical (unpaired) electrons. The first-order valence-corrected chi connectivity index (χ1v) is 12.8. The molecule has 0 fully saturated rings. The minimum absolute atomic E-state index is 0.134. The Balaban J connectivity index is 1.42. The molecule has 7 heteroatoms. The Morgan fingerprint density at radius 3 is 2.49 bits per heavy atom. The van der Waals surface area contributed by atoms with E-state index in [2.05, 4.69) is 17.1 Å². The van der Waals surface area contributed by atoms with Crippen LogP contribution in [0, 0.1) is 0 Å². The minimum atomic E-state index is -0.134. The van der Waals surface area contributed by atoms with Gasteiger partial charge in [0.2, 0.25) is 0 Å². The van der Waals surface area contributed by atoms with Crippen molar-refractivity contribution >= 4 is 0 Å². The van der Waals surface area contributed by atoms with E-state index in [0.29, 0.717) is 36.7 Å². The molecule has 37 heavy (non-hydrogen) atoms. The van der Waals surface area contributed by atoms with Crippen molar-refractivity contribution in [1.82, 2.24) is 14.5 Å². The highest BCUT2D eigenvalue weighted by Crippen LogP contribution is 2.25. The molecule has 0 spiro atoms. The SMILES string of the molecule is NCCCCCCOc1ccc(-c2cn3c(=O)c(Cc4ccco4)nc-3c(Cc3ccccc3)[nH]2)cc1. The summed E-state index contributed by atoms with van der Waals surface area (Å²) in [6.45, 7) is 1.44. The lowest BCUT2D eigenvalue weighted by molar-refractivity contribution is 0.305. The van der Waals surface area contributed by atoms with E-state index in [0.717, 1.165) is 60.5 Å². The van der Waals surface area contributed by atoms with Crippen LogP contribution in [-0.2, 0) is 12.8 Å². The van der Waals surface area contributed by atoms with Gasteiger partial charge in [0.15, 0.2) is 5.82 Å². The minimum Gasteiger partial charge on any atom is -0.494 e. The molecule has 7 nitrogen and oxygen atoms in total. The highest BCUT2D eigenvalue weighted by Gasteiger charge is 2.21. The van der Waals surface area contributed by atoms with Gasteiger partial charge < -0.3 is 19.9 Å². The predicted octanol–water partition coefficient (Wildman–Crippen LogP) is 5.34. The average Bonchev–Trinajstić information content (AvgIpc) is 3.55. The van der Waals surface area contributed by atoms with Gasteiger partial charge in [-0.25, -0.2) is 4.98 Å². The number of hydrogen-bond donors (Lipinski definition) is 2. The smallest absolute Gasteiger partial charge is 0.278 e. The standard InChI is InChI=1S/C30H32N4O3/c31-16-6-1-2-7-17-36-24-14-12-23(13-15-24)28-21-34-29(26(32-28)19-22-9-4-3-5-10-22)33-27(30(34)35)20-25-11-8-18-37-25/h3-5,8-15,18,21,32H,1-2,6-7,16-17,19-20,31H2. The number of nitrogens with one attached hydrogen (secondary N) is 1. The zero-order valence-electron chi connectivity index (χ0n) is 20.9. The monoisotopic (exact) mass is 496 g/mol. The summed E-state index contributed by atoms with van der Waals surface area (Å²) in [5.74, 6) is 2.18. The summed E-state index contributed by atoms with van der Waals surface area (Å²) >= 11 is 0. The molecule has 3 aromatic rings. The molecule has 2 aliphatic rings. The zero-order chi connectivity index (χ0) is 25.5. The van der Waals surface area contributed by atoms with Crippen LogP contribution in [0.25, 0.3) is 17.1 Å². The highest BCUT2D eigenvalue weighted by atomic mass is 16.5. The molecule has 2 aliphatic heterocycles. The Labute approximate surface area is 216 Å². The van der Waals surface area contributed by atoms with Gasteiger partial charge in [0.05, 0.1) is 30.7 Å². The summed E-state index contributed by atoms with van der Waals surface area (Å²) in [7, 11) is 0. The molecule has 5 rings (SSSR count). The van der Waals surface area contributed by atoms with E-state index in [1.807, 2.05) is 60.8 Å². The van der Waals surface area contributed by atoms with Crippen LogP contribution in [0.4, 0.5) is 0 Å². The van der Waals surface area contributed by atoms with Gasteiger partial charge in [0.1, 0.15) is 17.2 Å². The number of nitrogens with two attached hydrogens (primary N) is 1. The summed E-state index contributed by atoms with van der Waals surface area (Å²) in [6, 6.07) is 21.8. The summed E-state index contributed by atoms with van der Waals surface area (Å²) in [4.78, 5) is 21.6. The Morgan fingerprint density at radius 2 is 1.73 bits per heavy atom. The van der Waals surface area contributed by atoms with Gasteiger partial charge in [0.25, 0.3) is 5.56 Å². The molecular formula is C30H32N4O3. The number of benzene rings is 2. The molecule has 3 N–H and O–H groups in total. The fourth-order valence-electron chi connectivity index (χ4n) is 4.46. The lowest BCUT2D eigenvalue weighted by atomic mass is 10.1. The summed E-state index contributed by atoms with van der Waals surface area (Å²) in [6.07, 6.45) is 8.76. The molecule has 0 atom stereocenters. The maximum atomic E-state index is 13.3. The van der Waals surface area contributed by atoms with Crippen LogP contribution in [0.3, 0.4) is 0 Å².